The molecule has 8 heteroatoms. The molecule has 1 heterocycles. The molecule has 0 spiro atoms. The van der Waals surface area contributed by atoms with Gasteiger partial charge in [0, 0.05) is 13.1 Å². The summed E-state index contributed by atoms with van der Waals surface area (Å²) in [5.74, 6) is 1.12. The molecule has 0 aliphatic heterocycles. The van der Waals surface area contributed by atoms with Gasteiger partial charge < -0.3 is 14.4 Å². The lowest BCUT2D eigenvalue weighted by atomic mass is 10.2. The van der Waals surface area contributed by atoms with E-state index in [0.29, 0.717) is 40.3 Å². The molecule has 0 saturated carbocycles. The second kappa shape index (κ2) is 9.43. The first-order chi connectivity index (χ1) is 13.9. The lowest BCUT2D eigenvalue weighted by Gasteiger charge is -2.22. The Bertz CT molecular complexity index is 989. The molecule has 3 aromatic rings. The van der Waals surface area contributed by atoms with Crippen molar-refractivity contribution in [3.63, 3.8) is 0 Å². The van der Waals surface area contributed by atoms with Crippen molar-refractivity contribution in [1.29, 1.82) is 0 Å². The topological polar surface area (TPSA) is 54.9 Å². The van der Waals surface area contributed by atoms with E-state index >= 15 is 0 Å². The number of amides is 1. The predicted molar refractivity (Wildman–Crippen MR) is 119 cm³/mol. The number of ether oxygens (including phenoxy) is 2. The highest BCUT2D eigenvalue weighted by atomic mass is 35.5. The van der Waals surface area contributed by atoms with Crippen LogP contribution >= 0.6 is 22.9 Å². The molecule has 1 aromatic heterocycles. The van der Waals surface area contributed by atoms with E-state index in [9.17, 15) is 4.79 Å². The number of halogens is 1. The minimum Gasteiger partial charge on any atom is -0.494 e. The Kier molecular flexibility index (Phi) is 6.95. The smallest absolute Gasteiger partial charge is 0.266 e. The van der Waals surface area contributed by atoms with E-state index in [2.05, 4.69) is 4.98 Å². The highest BCUT2D eigenvalue weighted by Gasteiger charge is 2.22. The zero-order valence-electron chi connectivity index (χ0n) is 16.9. The maximum absolute atomic E-state index is 13.0. The van der Waals surface area contributed by atoms with Gasteiger partial charge in [-0.1, -0.05) is 40.6 Å². The Labute approximate surface area is 179 Å². The van der Waals surface area contributed by atoms with Crippen molar-refractivity contribution in [3.05, 3.63) is 47.0 Å². The number of anilines is 1. The molecule has 0 N–H and O–H groups in total. The number of methoxy groups -OCH3 is 1. The molecular weight excluding hydrogens is 410 g/mol. The molecule has 0 aliphatic rings. The summed E-state index contributed by atoms with van der Waals surface area (Å²) in [6, 6.07) is 11.2. The minimum atomic E-state index is -0.165. The largest absolute Gasteiger partial charge is 0.494 e. The highest BCUT2D eigenvalue weighted by Crippen LogP contribution is 2.38. The van der Waals surface area contributed by atoms with Crippen molar-refractivity contribution in [2.24, 2.45) is 0 Å². The number of thiazole rings is 1. The van der Waals surface area contributed by atoms with Gasteiger partial charge in [0.15, 0.2) is 11.7 Å². The Morgan fingerprint density at radius 2 is 1.86 bits per heavy atom. The first-order valence-corrected chi connectivity index (χ1v) is 10.4. The number of fused-ring (bicyclic) bond motifs is 1. The number of rotatable bonds is 8. The molecule has 2 aromatic carbocycles. The van der Waals surface area contributed by atoms with Crippen LogP contribution in [0.3, 0.4) is 0 Å². The van der Waals surface area contributed by atoms with Gasteiger partial charge >= 0.3 is 0 Å². The molecule has 0 saturated heterocycles. The Morgan fingerprint density at radius 1 is 1.14 bits per heavy atom. The first kappa shape index (κ1) is 21.4. The van der Waals surface area contributed by atoms with Crippen LogP contribution in [0.1, 0.15) is 5.56 Å². The van der Waals surface area contributed by atoms with E-state index in [4.69, 9.17) is 21.1 Å². The van der Waals surface area contributed by atoms with Crippen LogP contribution in [0.2, 0.25) is 5.02 Å². The summed E-state index contributed by atoms with van der Waals surface area (Å²) in [5, 5.41) is 1.16. The van der Waals surface area contributed by atoms with Gasteiger partial charge in [0.25, 0.3) is 5.91 Å². The molecular formula is C21H24ClN3O3S. The molecule has 0 unspecified atom stereocenters. The van der Waals surface area contributed by atoms with Crippen molar-refractivity contribution < 1.29 is 14.3 Å². The van der Waals surface area contributed by atoms with Gasteiger partial charge in [-0.25, -0.2) is 4.98 Å². The number of aromatic nitrogens is 1. The summed E-state index contributed by atoms with van der Waals surface area (Å²) >= 11 is 7.72. The van der Waals surface area contributed by atoms with Gasteiger partial charge in [-0.2, -0.15) is 0 Å². The number of benzene rings is 2. The van der Waals surface area contributed by atoms with E-state index in [1.807, 2.05) is 50.2 Å². The van der Waals surface area contributed by atoms with Crippen LogP contribution in [0.4, 0.5) is 5.13 Å². The highest BCUT2D eigenvalue weighted by molar-refractivity contribution is 7.23. The molecule has 0 radical (unpaired) electrons. The molecule has 154 valence electrons. The number of hydrogen-bond acceptors (Lipinski definition) is 6. The normalized spacial score (nSPS) is 11.1. The molecule has 0 bridgehead atoms. The van der Waals surface area contributed by atoms with Crippen molar-refractivity contribution in [3.8, 4) is 11.5 Å². The van der Waals surface area contributed by atoms with Crippen LogP contribution in [0.15, 0.2) is 36.4 Å². The summed E-state index contributed by atoms with van der Waals surface area (Å²) in [4.78, 5) is 21.3. The number of hydrogen-bond donors (Lipinski definition) is 0. The Morgan fingerprint density at radius 3 is 2.52 bits per heavy atom. The van der Waals surface area contributed by atoms with Crippen LogP contribution in [-0.4, -0.2) is 56.7 Å². The van der Waals surface area contributed by atoms with Crippen LogP contribution < -0.4 is 14.4 Å². The van der Waals surface area contributed by atoms with Crippen LogP contribution in [-0.2, 0) is 4.79 Å². The maximum Gasteiger partial charge on any atom is 0.266 e. The van der Waals surface area contributed by atoms with Crippen molar-refractivity contribution in [2.45, 2.75) is 6.92 Å². The van der Waals surface area contributed by atoms with Gasteiger partial charge in [0.2, 0.25) is 0 Å². The third kappa shape index (κ3) is 5.18. The number of carbonyl (C=O) groups is 1. The monoisotopic (exact) mass is 433 g/mol. The average Bonchev–Trinajstić information content (AvgIpc) is 3.14. The zero-order valence-corrected chi connectivity index (χ0v) is 18.5. The summed E-state index contributed by atoms with van der Waals surface area (Å²) in [6.07, 6.45) is 0. The SMILES string of the molecule is COc1ccc(Cl)c2sc(N(CCN(C)C)C(=O)COc3ccc(C)cc3)nc12. The third-order valence-electron chi connectivity index (χ3n) is 4.35. The number of carbonyl (C=O) groups excluding carboxylic acids is 1. The van der Waals surface area contributed by atoms with Gasteiger partial charge in [-0.15, -0.1) is 0 Å². The van der Waals surface area contributed by atoms with Gasteiger partial charge in [0.1, 0.15) is 17.0 Å². The summed E-state index contributed by atoms with van der Waals surface area (Å²) < 4.78 is 11.9. The zero-order chi connectivity index (χ0) is 21.0. The lowest BCUT2D eigenvalue weighted by Crippen LogP contribution is -2.39. The number of aryl methyl sites for hydroxylation is 1. The fourth-order valence-electron chi connectivity index (χ4n) is 2.71. The summed E-state index contributed by atoms with van der Waals surface area (Å²) in [7, 11) is 5.51. The standard InChI is InChI=1S/C21H24ClN3O3S/c1-14-5-7-15(8-6-14)28-13-18(26)25(12-11-24(2)3)21-23-19-17(27-4)10-9-16(22)20(19)29-21/h5-10H,11-13H2,1-4H3. The van der Waals surface area contributed by atoms with E-state index in [1.54, 1.807) is 24.1 Å². The lowest BCUT2D eigenvalue weighted by molar-refractivity contribution is -0.120. The number of nitrogens with zero attached hydrogens (tertiary/aromatic N) is 3. The van der Waals surface area contributed by atoms with Crippen LogP contribution in [0.25, 0.3) is 10.2 Å². The molecule has 0 atom stereocenters. The van der Waals surface area contributed by atoms with E-state index in [1.165, 1.54) is 11.3 Å². The summed E-state index contributed by atoms with van der Waals surface area (Å²) in [6.45, 7) is 3.11. The van der Waals surface area contributed by atoms with Gasteiger partial charge in [-0.3, -0.25) is 9.69 Å². The Balaban J connectivity index is 1.86. The molecule has 1 amide bonds. The fraction of sp³-hybridized carbons (Fsp3) is 0.333. The van der Waals surface area contributed by atoms with E-state index < -0.39 is 0 Å². The third-order valence-corrected chi connectivity index (χ3v) is 5.89. The second-order valence-corrected chi connectivity index (χ2v) is 8.26. The van der Waals surface area contributed by atoms with Crippen molar-refractivity contribution in [2.75, 3.05) is 45.8 Å². The van der Waals surface area contributed by atoms with Crippen LogP contribution in [0.5, 0.6) is 11.5 Å². The minimum absolute atomic E-state index is 0.0721. The van der Waals surface area contributed by atoms with E-state index in [-0.39, 0.29) is 12.5 Å². The molecule has 0 aliphatic carbocycles. The van der Waals surface area contributed by atoms with Crippen molar-refractivity contribution >= 4 is 44.2 Å². The second-order valence-electron chi connectivity index (χ2n) is 6.87. The average molecular weight is 434 g/mol. The first-order valence-electron chi connectivity index (χ1n) is 9.16. The quantitative estimate of drug-likeness (QED) is 0.531. The maximum atomic E-state index is 13.0. The molecule has 0 fully saturated rings. The fourth-order valence-corrected chi connectivity index (χ4v) is 4.01. The van der Waals surface area contributed by atoms with E-state index in [0.717, 1.165) is 10.3 Å². The molecule has 3 rings (SSSR count). The molecule has 29 heavy (non-hydrogen) atoms. The van der Waals surface area contributed by atoms with Crippen molar-refractivity contribution in [1.82, 2.24) is 9.88 Å². The molecule has 6 nitrogen and oxygen atoms in total. The van der Waals surface area contributed by atoms with Gasteiger partial charge in [0.05, 0.1) is 16.8 Å². The van der Waals surface area contributed by atoms with Gasteiger partial charge in [-0.05, 0) is 45.3 Å². The summed E-state index contributed by atoms with van der Waals surface area (Å²) in [5.41, 5.74) is 1.79. The predicted octanol–water partition coefficient (Wildman–Crippen LogP) is 4.24. The van der Waals surface area contributed by atoms with Crippen LogP contribution in [0, 0.1) is 6.92 Å². The Hall–Kier alpha value is -2.35. The number of likely N-dealkylation sites (N-methyl/N-ethyl adjacent to an activating group) is 1.